The topological polar surface area (TPSA) is 50.9 Å². The number of likely N-dealkylation sites (N-methyl/N-ethyl adjacent to an activating group) is 3. The van der Waals surface area contributed by atoms with E-state index in [1.54, 1.807) is 0 Å². The van der Waals surface area contributed by atoms with Gasteiger partial charge in [0.05, 0.1) is 0 Å². The SMILES string of the molecule is CCN(CCNC(=O)NC[C@H]1CN(C)CCN1C)c1cccc(C)c1. The highest BCUT2D eigenvalue weighted by atomic mass is 16.2. The molecule has 140 valence electrons. The van der Waals surface area contributed by atoms with Gasteiger partial charge >= 0.3 is 6.03 Å². The Morgan fingerprint density at radius 2 is 2.08 bits per heavy atom. The number of piperazine rings is 1. The second-order valence-corrected chi connectivity index (χ2v) is 6.95. The highest BCUT2D eigenvalue weighted by Gasteiger charge is 2.22. The first-order valence-electron chi connectivity index (χ1n) is 9.21. The Morgan fingerprint density at radius 3 is 2.80 bits per heavy atom. The van der Waals surface area contributed by atoms with Crippen molar-refractivity contribution in [3.8, 4) is 0 Å². The Morgan fingerprint density at radius 1 is 1.28 bits per heavy atom. The standard InChI is InChI=1S/C19H33N5O/c1-5-24(17-8-6-7-16(2)13-17)10-9-20-19(25)21-14-18-15-22(3)11-12-23(18)4/h6-8,13,18H,5,9-12,14-15H2,1-4H3,(H2,20,21,25)/t18-/m0/s1. The minimum absolute atomic E-state index is 0.0816. The van der Waals surface area contributed by atoms with Crippen LogP contribution in [-0.2, 0) is 0 Å². The largest absolute Gasteiger partial charge is 0.370 e. The zero-order valence-electron chi connectivity index (χ0n) is 16.1. The molecule has 1 saturated heterocycles. The molecule has 6 nitrogen and oxygen atoms in total. The first-order valence-corrected chi connectivity index (χ1v) is 9.21. The number of rotatable bonds is 7. The van der Waals surface area contributed by atoms with Gasteiger partial charge in [-0.15, -0.1) is 0 Å². The maximum Gasteiger partial charge on any atom is 0.314 e. The van der Waals surface area contributed by atoms with Gasteiger partial charge in [-0.1, -0.05) is 12.1 Å². The molecular formula is C19H33N5O. The summed E-state index contributed by atoms with van der Waals surface area (Å²) in [4.78, 5) is 19.0. The predicted molar refractivity (Wildman–Crippen MR) is 104 cm³/mol. The first kappa shape index (κ1) is 19.5. The molecule has 0 aromatic heterocycles. The average Bonchev–Trinajstić information content (AvgIpc) is 2.59. The van der Waals surface area contributed by atoms with Crippen molar-refractivity contribution in [1.82, 2.24) is 20.4 Å². The van der Waals surface area contributed by atoms with Crippen LogP contribution >= 0.6 is 0 Å². The van der Waals surface area contributed by atoms with Crippen LogP contribution in [0.15, 0.2) is 24.3 Å². The lowest BCUT2D eigenvalue weighted by Crippen LogP contribution is -2.55. The van der Waals surface area contributed by atoms with Crippen molar-refractivity contribution in [2.75, 3.05) is 64.8 Å². The summed E-state index contributed by atoms with van der Waals surface area (Å²) in [6.45, 7) is 10.4. The molecule has 0 bridgehead atoms. The molecule has 1 aliphatic heterocycles. The van der Waals surface area contributed by atoms with Gasteiger partial charge in [-0.05, 0) is 45.6 Å². The predicted octanol–water partition coefficient (Wildman–Crippen LogP) is 1.37. The van der Waals surface area contributed by atoms with E-state index in [0.717, 1.165) is 32.7 Å². The van der Waals surface area contributed by atoms with E-state index in [9.17, 15) is 4.79 Å². The zero-order valence-corrected chi connectivity index (χ0v) is 16.1. The third kappa shape index (κ3) is 6.21. The number of amides is 2. The second kappa shape index (κ2) is 9.63. The summed E-state index contributed by atoms with van der Waals surface area (Å²) in [5.74, 6) is 0. The van der Waals surface area contributed by atoms with Crippen molar-refractivity contribution in [1.29, 1.82) is 0 Å². The molecule has 0 saturated carbocycles. The highest BCUT2D eigenvalue weighted by molar-refractivity contribution is 5.73. The molecule has 1 aliphatic rings. The Labute approximate surface area is 152 Å². The quantitative estimate of drug-likeness (QED) is 0.782. The van der Waals surface area contributed by atoms with Gasteiger partial charge in [0, 0.05) is 57.5 Å². The Kier molecular flexibility index (Phi) is 7.52. The number of nitrogens with one attached hydrogen (secondary N) is 2. The van der Waals surface area contributed by atoms with Crippen LogP contribution in [0.3, 0.4) is 0 Å². The molecule has 0 radical (unpaired) electrons. The van der Waals surface area contributed by atoms with E-state index in [2.05, 4.69) is 77.5 Å². The van der Waals surface area contributed by atoms with Crippen molar-refractivity contribution in [2.24, 2.45) is 0 Å². The molecule has 2 rings (SSSR count). The minimum atomic E-state index is -0.0816. The van der Waals surface area contributed by atoms with E-state index >= 15 is 0 Å². The van der Waals surface area contributed by atoms with Gasteiger partial charge in [0.25, 0.3) is 0 Å². The smallest absolute Gasteiger partial charge is 0.314 e. The van der Waals surface area contributed by atoms with Gasteiger partial charge in [0.1, 0.15) is 0 Å². The number of urea groups is 1. The van der Waals surface area contributed by atoms with Crippen molar-refractivity contribution < 1.29 is 4.79 Å². The molecule has 25 heavy (non-hydrogen) atoms. The van der Waals surface area contributed by atoms with Crippen LogP contribution in [0.25, 0.3) is 0 Å². The summed E-state index contributed by atoms with van der Waals surface area (Å²) in [5, 5.41) is 5.98. The number of carbonyl (C=O) groups excluding carboxylic acids is 1. The van der Waals surface area contributed by atoms with Crippen molar-refractivity contribution in [3.63, 3.8) is 0 Å². The highest BCUT2D eigenvalue weighted by Crippen LogP contribution is 2.14. The van der Waals surface area contributed by atoms with Gasteiger partial charge in [-0.3, -0.25) is 4.90 Å². The van der Waals surface area contributed by atoms with Crippen LogP contribution in [0.4, 0.5) is 10.5 Å². The lowest BCUT2D eigenvalue weighted by atomic mass is 10.2. The summed E-state index contributed by atoms with van der Waals surface area (Å²) in [7, 11) is 4.25. The van der Waals surface area contributed by atoms with Crippen LogP contribution in [0.1, 0.15) is 12.5 Å². The number of nitrogens with zero attached hydrogens (tertiary/aromatic N) is 3. The van der Waals surface area contributed by atoms with E-state index < -0.39 is 0 Å². The number of benzene rings is 1. The van der Waals surface area contributed by atoms with Crippen LogP contribution in [-0.4, -0.2) is 81.8 Å². The fourth-order valence-electron chi connectivity index (χ4n) is 3.19. The monoisotopic (exact) mass is 347 g/mol. The fraction of sp³-hybridized carbons (Fsp3) is 0.632. The van der Waals surface area contributed by atoms with Gasteiger partial charge < -0.3 is 20.4 Å². The summed E-state index contributed by atoms with van der Waals surface area (Å²) in [6.07, 6.45) is 0. The van der Waals surface area contributed by atoms with Crippen LogP contribution < -0.4 is 15.5 Å². The maximum atomic E-state index is 12.1. The summed E-state index contributed by atoms with van der Waals surface area (Å²) in [6, 6.07) is 8.77. The first-order chi connectivity index (χ1) is 12.0. The molecule has 1 fully saturated rings. The molecule has 6 heteroatoms. The van der Waals surface area contributed by atoms with Crippen LogP contribution in [0.2, 0.25) is 0 Å². The van der Waals surface area contributed by atoms with Crippen molar-refractivity contribution >= 4 is 11.7 Å². The number of anilines is 1. The third-order valence-electron chi connectivity index (χ3n) is 4.89. The normalized spacial score (nSPS) is 18.8. The number of carbonyl (C=O) groups is 1. The molecule has 0 unspecified atom stereocenters. The molecule has 1 aromatic rings. The Balaban J connectivity index is 1.70. The molecule has 1 heterocycles. The summed E-state index contributed by atoms with van der Waals surface area (Å²) >= 11 is 0. The number of hydrogen-bond donors (Lipinski definition) is 2. The van der Waals surface area contributed by atoms with Gasteiger partial charge in [-0.25, -0.2) is 4.79 Å². The Bertz CT molecular complexity index is 550. The lowest BCUT2D eigenvalue weighted by Gasteiger charge is -2.37. The van der Waals surface area contributed by atoms with Crippen molar-refractivity contribution in [3.05, 3.63) is 29.8 Å². The molecule has 1 aromatic carbocycles. The minimum Gasteiger partial charge on any atom is -0.370 e. The molecule has 0 aliphatic carbocycles. The number of hydrogen-bond acceptors (Lipinski definition) is 4. The Hall–Kier alpha value is -1.79. The average molecular weight is 348 g/mol. The van der Waals surface area contributed by atoms with Crippen LogP contribution in [0, 0.1) is 6.92 Å². The van der Waals surface area contributed by atoms with Gasteiger partial charge in [0.15, 0.2) is 0 Å². The molecule has 1 atom stereocenters. The fourth-order valence-corrected chi connectivity index (χ4v) is 3.19. The molecular weight excluding hydrogens is 314 g/mol. The lowest BCUT2D eigenvalue weighted by molar-refractivity contribution is 0.114. The van der Waals surface area contributed by atoms with E-state index in [4.69, 9.17) is 0 Å². The summed E-state index contributed by atoms with van der Waals surface area (Å²) in [5.41, 5.74) is 2.46. The van der Waals surface area contributed by atoms with Gasteiger partial charge in [0.2, 0.25) is 0 Å². The van der Waals surface area contributed by atoms with E-state index in [-0.39, 0.29) is 6.03 Å². The zero-order chi connectivity index (χ0) is 18.2. The van der Waals surface area contributed by atoms with Crippen molar-refractivity contribution in [2.45, 2.75) is 19.9 Å². The molecule has 2 amide bonds. The van der Waals surface area contributed by atoms with Crippen LogP contribution in [0.5, 0.6) is 0 Å². The number of aryl methyl sites for hydroxylation is 1. The molecule has 0 spiro atoms. The van der Waals surface area contributed by atoms with E-state index in [0.29, 0.717) is 19.1 Å². The van der Waals surface area contributed by atoms with Gasteiger partial charge in [-0.2, -0.15) is 0 Å². The third-order valence-corrected chi connectivity index (χ3v) is 4.89. The maximum absolute atomic E-state index is 12.1. The summed E-state index contributed by atoms with van der Waals surface area (Å²) < 4.78 is 0. The molecule has 2 N–H and O–H groups in total. The van der Waals surface area contributed by atoms with E-state index in [1.807, 2.05) is 0 Å². The second-order valence-electron chi connectivity index (χ2n) is 6.95. The van der Waals surface area contributed by atoms with E-state index in [1.165, 1.54) is 11.3 Å².